The number of halogens is 1. The lowest BCUT2D eigenvalue weighted by Gasteiger charge is -2.07. The quantitative estimate of drug-likeness (QED) is 0.618. The van der Waals surface area contributed by atoms with Crippen LogP contribution >= 0.6 is 0 Å². The molecule has 0 aliphatic rings. The van der Waals surface area contributed by atoms with Crippen molar-refractivity contribution in [2.75, 3.05) is 7.05 Å². The molecule has 0 spiro atoms. The van der Waals surface area contributed by atoms with E-state index in [2.05, 4.69) is 4.99 Å². The molecule has 0 unspecified atom stereocenters. The van der Waals surface area contributed by atoms with Gasteiger partial charge in [0.25, 0.3) is 0 Å². The lowest BCUT2D eigenvalue weighted by Crippen LogP contribution is -1.98. The molecule has 0 atom stereocenters. The van der Waals surface area contributed by atoms with E-state index in [9.17, 15) is 9.18 Å². The molecule has 2 aromatic carbocycles. The van der Waals surface area contributed by atoms with Gasteiger partial charge in [-0.15, -0.1) is 0 Å². The Morgan fingerprint density at radius 3 is 2.50 bits per heavy atom. The first-order valence-corrected chi connectivity index (χ1v) is 6.11. The van der Waals surface area contributed by atoms with Crippen molar-refractivity contribution in [2.24, 2.45) is 4.99 Å². The minimum atomic E-state index is -0.304. The standard InChI is InChI=1S/C16H14FNO2/c1-18-9-12-6-13(10-19)8-14(7-12)11-20-16-4-2-15(17)3-5-16/h2-10H,11H2,1H3. The fraction of sp³-hybridized carbons (Fsp3) is 0.125. The highest BCUT2D eigenvalue weighted by Crippen LogP contribution is 2.15. The van der Waals surface area contributed by atoms with Crippen LogP contribution in [0, 0.1) is 5.82 Å². The average Bonchev–Trinajstić information content (AvgIpc) is 2.47. The second kappa shape index (κ2) is 6.61. The van der Waals surface area contributed by atoms with E-state index in [0.717, 1.165) is 17.4 Å². The summed E-state index contributed by atoms with van der Waals surface area (Å²) in [6.07, 6.45) is 2.46. The number of aliphatic imine (C=N–C) groups is 1. The molecular formula is C16H14FNO2. The van der Waals surface area contributed by atoms with Gasteiger partial charge in [-0.25, -0.2) is 4.39 Å². The van der Waals surface area contributed by atoms with Crippen LogP contribution in [0.3, 0.4) is 0 Å². The van der Waals surface area contributed by atoms with Crippen LogP contribution in [0.15, 0.2) is 47.5 Å². The molecule has 102 valence electrons. The third-order valence-corrected chi connectivity index (χ3v) is 2.67. The molecule has 4 heteroatoms. The maximum absolute atomic E-state index is 12.8. The summed E-state index contributed by atoms with van der Waals surface area (Å²) in [5.41, 5.74) is 2.27. The number of aldehydes is 1. The number of rotatable bonds is 5. The van der Waals surface area contributed by atoms with Gasteiger partial charge in [0.15, 0.2) is 0 Å². The maximum Gasteiger partial charge on any atom is 0.150 e. The highest BCUT2D eigenvalue weighted by atomic mass is 19.1. The Kier molecular flexibility index (Phi) is 4.60. The van der Waals surface area contributed by atoms with Crippen molar-refractivity contribution >= 4 is 12.5 Å². The van der Waals surface area contributed by atoms with E-state index < -0.39 is 0 Å². The fourth-order valence-corrected chi connectivity index (χ4v) is 1.82. The van der Waals surface area contributed by atoms with Crippen molar-refractivity contribution in [3.63, 3.8) is 0 Å². The average molecular weight is 271 g/mol. The van der Waals surface area contributed by atoms with Gasteiger partial charge < -0.3 is 4.74 Å². The molecule has 0 heterocycles. The van der Waals surface area contributed by atoms with Gasteiger partial charge in [-0.3, -0.25) is 9.79 Å². The third kappa shape index (κ3) is 3.75. The van der Waals surface area contributed by atoms with Crippen molar-refractivity contribution in [1.29, 1.82) is 0 Å². The van der Waals surface area contributed by atoms with E-state index in [4.69, 9.17) is 4.74 Å². The zero-order valence-electron chi connectivity index (χ0n) is 11.0. The smallest absolute Gasteiger partial charge is 0.150 e. The number of benzene rings is 2. The summed E-state index contributed by atoms with van der Waals surface area (Å²) in [6, 6.07) is 11.2. The number of hydrogen-bond donors (Lipinski definition) is 0. The zero-order valence-corrected chi connectivity index (χ0v) is 11.0. The van der Waals surface area contributed by atoms with Crippen LogP contribution in [0.2, 0.25) is 0 Å². The number of carbonyl (C=O) groups is 1. The van der Waals surface area contributed by atoms with Crippen LogP contribution in [-0.4, -0.2) is 19.5 Å². The first kappa shape index (κ1) is 13.9. The minimum absolute atomic E-state index is 0.303. The van der Waals surface area contributed by atoms with Gasteiger partial charge in [-0.05, 0) is 53.6 Å². The first-order chi connectivity index (χ1) is 9.71. The molecule has 0 saturated carbocycles. The van der Waals surface area contributed by atoms with Crippen molar-refractivity contribution in [3.8, 4) is 5.75 Å². The lowest BCUT2D eigenvalue weighted by molar-refractivity contribution is 0.112. The molecule has 0 N–H and O–H groups in total. The Morgan fingerprint density at radius 2 is 1.85 bits per heavy atom. The second-order valence-electron chi connectivity index (χ2n) is 4.26. The van der Waals surface area contributed by atoms with Crippen molar-refractivity contribution < 1.29 is 13.9 Å². The molecule has 2 aromatic rings. The topological polar surface area (TPSA) is 38.7 Å². The molecule has 0 fully saturated rings. The predicted molar refractivity (Wildman–Crippen MR) is 76.1 cm³/mol. The molecule has 2 rings (SSSR count). The summed E-state index contributed by atoms with van der Waals surface area (Å²) in [4.78, 5) is 14.8. The van der Waals surface area contributed by atoms with Gasteiger partial charge in [0.1, 0.15) is 24.5 Å². The Balaban J connectivity index is 2.13. The van der Waals surface area contributed by atoms with Crippen molar-refractivity contribution in [2.45, 2.75) is 6.61 Å². The second-order valence-corrected chi connectivity index (χ2v) is 4.26. The molecule has 20 heavy (non-hydrogen) atoms. The van der Waals surface area contributed by atoms with Crippen LogP contribution in [0.25, 0.3) is 0 Å². The SMILES string of the molecule is CN=Cc1cc(C=O)cc(COc2ccc(F)cc2)c1. The highest BCUT2D eigenvalue weighted by molar-refractivity contribution is 5.84. The van der Waals surface area contributed by atoms with Gasteiger partial charge in [0.2, 0.25) is 0 Å². The first-order valence-electron chi connectivity index (χ1n) is 6.11. The molecule has 0 aromatic heterocycles. The minimum Gasteiger partial charge on any atom is -0.489 e. The molecule has 0 radical (unpaired) electrons. The number of ether oxygens (including phenoxy) is 1. The number of hydrogen-bond acceptors (Lipinski definition) is 3. The zero-order chi connectivity index (χ0) is 14.4. The lowest BCUT2D eigenvalue weighted by atomic mass is 10.1. The summed E-state index contributed by atoms with van der Waals surface area (Å²) >= 11 is 0. The van der Waals surface area contributed by atoms with Gasteiger partial charge in [-0.2, -0.15) is 0 Å². The molecule has 0 bridgehead atoms. The summed E-state index contributed by atoms with van der Waals surface area (Å²) < 4.78 is 18.3. The van der Waals surface area contributed by atoms with E-state index in [1.54, 1.807) is 37.5 Å². The molecule has 0 aliphatic heterocycles. The predicted octanol–water partition coefficient (Wildman–Crippen LogP) is 3.27. The van der Waals surface area contributed by atoms with Crippen LogP contribution in [-0.2, 0) is 6.61 Å². The monoisotopic (exact) mass is 271 g/mol. The Bertz CT molecular complexity index is 621. The molecule has 0 amide bonds. The number of nitrogens with zero attached hydrogens (tertiary/aromatic N) is 1. The normalized spacial score (nSPS) is 10.7. The van der Waals surface area contributed by atoms with Crippen molar-refractivity contribution in [3.05, 3.63) is 65.0 Å². The summed E-state index contributed by atoms with van der Waals surface area (Å²) in [7, 11) is 1.67. The third-order valence-electron chi connectivity index (χ3n) is 2.67. The van der Waals surface area contributed by atoms with Gasteiger partial charge in [0.05, 0.1) is 0 Å². The summed E-state index contributed by atoms with van der Waals surface area (Å²) in [6.45, 7) is 0.303. The maximum atomic E-state index is 12.8. The van der Waals surface area contributed by atoms with E-state index in [0.29, 0.717) is 17.9 Å². The Hall–Kier alpha value is -2.49. The summed E-state index contributed by atoms with van der Waals surface area (Å²) in [5.74, 6) is 0.273. The van der Waals surface area contributed by atoms with Crippen LogP contribution in [0.1, 0.15) is 21.5 Å². The Morgan fingerprint density at radius 1 is 1.15 bits per heavy atom. The number of carbonyl (C=O) groups excluding carboxylic acids is 1. The van der Waals surface area contributed by atoms with E-state index >= 15 is 0 Å². The largest absolute Gasteiger partial charge is 0.489 e. The van der Waals surface area contributed by atoms with Crippen LogP contribution in [0.4, 0.5) is 4.39 Å². The van der Waals surface area contributed by atoms with E-state index in [1.807, 2.05) is 6.07 Å². The van der Waals surface area contributed by atoms with Gasteiger partial charge in [0, 0.05) is 18.8 Å². The molecule has 3 nitrogen and oxygen atoms in total. The molecule has 0 aliphatic carbocycles. The van der Waals surface area contributed by atoms with E-state index in [-0.39, 0.29) is 5.82 Å². The van der Waals surface area contributed by atoms with Gasteiger partial charge in [-0.1, -0.05) is 0 Å². The Labute approximate surface area is 116 Å². The van der Waals surface area contributed by atoms with Crippen LogP contribution < -0.4 is 4.74 Å². The molecule has 0 saturated heterocycles. The fourth-order valence-electron chi connectivity index (χ4n) is 1.82. The van der Waals surface area contributed by atoms with Crippen LogP contribution in [0.5, 0.6) is 5.75 Å². The molecular weight excluding hydrogens is 257 g/mol. The highest BCUT2D eigenvalue weighted by Gasteiger charge is 2.01. The van der Waals surface area contributed by atoms with Crippen molar-refractivity contribution in [1.82, 2.24) is 0 Å². The van der Waals surface area contributed by atoms with E-state index in [1.165, 1.54) is 12.1 Å². The van der Waals surface area contributed by atoms with Gasteiger partial charge >= 0.3 is 0 Å². The summed E-state index contributed by atoms with van der Waals surface area (Å²) in [5, 5.41) is 0.